The smallest absolute Gasteiger partial charge is 0.315 e. The molecule has 2 aliphatic carbocycles. The van der Waals surface area contributed by atoms with Gasteiger partial charge in [-0.15, -0.1) is 0 Å². The van der Waals surface area contributed by atoms with E-state index in [4.69, 9.17) is 23.2 Å². The van der Waals surface area contributed by atoms with E-state index in [2.05, 4.69) is 28.8 Å². The molecule has 0 radical (unpaired) electrons. The van der Waals surface area contributed by atoms with Gasteiger partial charge in [0, 0.05) is 22.6 Å². The van der Waals surface area contributed by atoms with Crippen LogP contribution in [0.3, 0.4) is 0 Å². The van der Waals surface area contributed by atoms with Crippen LogP contribution in [0, 0.1) is 5.92 Å². The van der Waals surface area contributed by atoms with Crippen LogP contribution in [0.15, 0.2) is 48.5 Å². The van der Waals surface area contributed by atoms with E-state index in [1.807, 2.05) is 30.3 Å². The summed E-state index contributed by atoms with van der Waals surface area (Å²) in [5, 5.41) is 7.72. The number of halogens is 2. The summed E-state index contributed by atoms with van der Waals surface area (Å²) in [4.78, 5) is 12.1. The van der Waals surface area contributed by atoms with E-state index in [0.29, 0.717) is 17.8 Å². The van der Waals surface area contributed by atoms with Crippen molar-refractivity contribution < 1.29 is 4.79 Å². The first-order valence-electron chi connectivity index (χ1n) is 9.62. The molecule has 2 saturated carbocycles. The third-order valence-electron chi connectivity index (χ3n) is 5.95. The number of benzene rings is 2. The van der Waals surface area contributed by atoms with E-state index in [9.17, 15) is 4.79 Å². The predicted octanol–water partition coefficient (Wildman–Crippen LogP) is 5.73. The third kappa shape index (κ3) is 4.41. The average molecular weight is 403 g/mol. The molecule has 2 amide bonds. The number of hydrogen-bond acceptors (Lipinski definition) is 1. The molecule has 3 nitrogen and oxygen atoms in total. The Labute approximate surface area is 170 Å². The van der Waals surface area contributed by atoms with Crippen LogP contribution in [0.1, 0.15) is 48.6 Å². The first kappa shape index (κ1) is 18.6. The van der Waals surface area contributed by atoms with Crippen molar-refractivity contribution in [3.8, 4) is 0 Å². The molecule has 0 heterocycles. The third-order valence-corrected chi connectivity index (χ3v) is 6.54. The van der Waals surface area contributed by atoms with Crippen LogP contribution >= 0.6 is 23.2 Å². The fourth-order valence-electron chi connectivity index (χ4n) is 4.18. The summed E-state index contributed by atoms with van der Waals surface area (Å²) < 4.78 is 0. The first-order valence-corrected chi connectivity index (χ1v) is 10.4. The van der Waals surface area contributed by atoms with Crippen molar-refractivity contribution in [3.05, 3.63) is 69.7 Å². The van der Waals surface area contributed by atoms with Crippen LogP contribution < -0.4 is 10.6 Å². The van der Waals surface area contributed by atoms with Crippen molar-refractivity contribution in [1.29, 1.82) is 0 Å². The number of carbonyl (C=O) groups is 1. The average Bonchev–Trinajstić information content (AvgIpc) is 2.59. The lowest BCUT2D eigenvalue weighted by Gasteiger charge is -2.38. The Morgan fingerprint density at radius 1 is 0.926 bits per heavy atom. The van der Waals surface area contributed by atoms with Crippen LogP contribution in [0.5, 0.6) is 0 Å². The van der Waals surface area contributed by atoms with Crippen LogP contribution in [-0.4, -0.2) is 18.6 Å². The maximum atomic E-state index is 12.1. The van der Waals surface area contributed by atoms with Crippen molar-refractivity contribution >= 4 is 29.2 Å². The highest BCUT2D eigenvalue weighted by atomic mass is 35.5. The normalized spacial score (nSPS) is 26.6. The largest absolute Gasteiger partial charge is 0.338 e. The highest BCUT2D eigenvalue weighted by Crippen LogP contribution is 2.42. The summed E-state index contributed by atoms with van der Waals surface area (Å²) in [5.74, 6) is 1.62. The maximum Gasteiger partial charge on any atom is 0.315 e. The van der Waals surface area contributed by atoms with Crippen molar-refractivity contribution in [3.63, 3.8) is 0 Å². The summed E-state index contributed by atoms with van der Waals surface area (Å²) in [6, 6.07) is 16.3. The Morgan fingerprint density at radius 3 is 2.33 bits per heavy atom. The van der Waals surface area contributed by atoms with Gasteiger partial charge in [-0.25, -0.2) is 4.79 Å². The van der Waals surface area contributed by atoms with Crippen LogP contribution in [0.2, 0.25) is 10.0 Å². The Bertz CT molecular complexity index is 796. The van der Waals surface area contributed by atoms with Crippen LogP contribution in [0.25, 0.3) is 0 Å². The second-order valence-electron chi connectivity index (χ2n) is 7.83. The molecule has 5 heteroatoms. The Kier molecular flexibility index (Phi) is 5.60. The van der Waals surface area contributed by atoms with Gasteiger partial charge in [0.1, 0.15) is 0 Å². The van der Waals surface area contributed by atoms with Crippen molar-refractivity contribution in [1.82, 2.24) is 10.6 Å². The minimum atomic E-state index is -0.0486. The highest BCUT2D eigenvalue weighted by molar-refractivity contribution is 6.31. The zero-order valence-electron chi connectivity index (χ0n) is 15.1. The van der Waals surface area contributed by atoms with Gasteiger partial charge in [0.15, 0.2) is 0 Å². The van der Waals surface area contributed by atoms with Gasteiger partial charge < -0.3 is 10.6 Å². The lowest BCUT2D eigenvalue weighted by Crippen LogP contribution is -2.49. The van der Waals surface area contributed by atoms with Gasteiger partial charge in [0.25, 0.3) is 0 Å². The minimum Gasteiger partial charge on any atom is -0.338 e. The molecule has 2 aromatic carbocycles. The number of carbonyl (C=O) groups excluding carboxylic acids is 1. The summed E-state index contributed by atoms with van der Waals surface area (Å²) in [5.41, 5.74) is 2.54. The Morgan fingerprint density at radius 2 is 1.63 bits per heavy atom. The fraction of sp³-hybridized carbons (Fsp3) is 0.409. The van der Waals surface area contributed by atoms with Gasteiger partial charge in [-0.3, -0.25) is 0 Å². The van der Waals surface area contributed by atoms with E-state index in [1.165, 1.54) is 11.1 Å². The fourth-order valence-corrected chi connectivity index (χ4v) is 4.59. The van der Waals surface area contributed by atoms with E-state index in [0.717, 1.165) is 42.3 Å². The molecule has 27 heavy (non-hydrogen) atoms. The molecule has 0 spiro atoms. The predicted molar refractivity (Wildman–Crippen MR) is 111 cm³/mol. The van der Waals surface area contributed by atoms with Gasteiger partial charge in [0.05, 0.1) is 0 Å². The number of rotatable bonds is 5. The Balaban J connectivity index is 1.14. The molecule has 0 bridgehead atoms. The molecule has 0 aromatic heterocycles. The number of nitrogens with one attached hydrogen (secondary N) is 2. The SMILES string of the molecule is O=C(NCC1CC(c2ccc(Cl)cc2)C1)NC1CC(c2ccccc2Cl)C1. The van der Waals surface area contributed by atoms with Crippen molar-refractivity contribution in [2.45, 2.75) is 43.6 Å². The molecule has 2 aromatic rings. The van der Waals surface area contributed by atoms with E-state index in [1.54, 1.807) is 0 Å². The summed E-state index contributed by atoms with van der Waals surface area (Å²) in [6.07, 6.45) is 4.16. The molecule has 2 aliphatic rings. The monoisotopic (exact) mass is 402 g/mol. The lowest BCUT2D eigenvalue weighted by atomic mass is 9.71. The zero-order valence-corrected chi connectivity index (χ0v) is 16.6. The number of amides is 2. The topological polar surface area (TPSA) is 41.1 Å². The molecule has 142 valence electrons. The van der Waals surface area contributed by atoms with Crippen molar-refractivity contribution in [2.24, 2.45) is 5.92 Å². The highest BCUT2D eigenvalue weighted by Gasteiger charge is 2.33. The lowest BCUT2D eigenvalue weighted by molar-refractivity contribution is 0.211. The second kappa shape index (κ2) is 8.12. The maximum absolute atomic E-state index is 12.1. The minimum absolute atomic E-state index is 0.0486. The molecule has 0 aliphatic heterocycles. The standard InChI is InChI=1S/C22H24Cl2N2O/c23-18-7-5-15(6-8-18)16-9-14(10-16)13-25-22(27)26-19-11-17(12-19)20-3-1-2-4-21(20)24/h1-8,14,16-17,19H,9-13H2,(H2,25,26,27). The first-order chi connectivity index (χ1) is 13.1. The van der Waals surface area contributed by atoms with Gasteiger partial charge in [-0.05, 0) is 72.8 Å². The summed E-state index contributed by atoms with van der Waals surface area (Å²) in [6.45, 7) is 0.747. The Hall–Kier alpha value is -1.71. The van der Waals surface area contributed by atoms with Crippen molar-refractivity contribution in [2.75, 3.05) is 6.54 Å². The molecular weight excluding hydrogens is 379 g/mol. The van der Waals surface area contributed by atoms with Gasteiger partial charge in [-0.1, -0.05) is 53.5 Å². The molecule has 0 saturated heterocycles. The molecular formula is C22H24Cl2N2O. The van der Waals surface area contributed by atoms with E-state index < -0.39 is 0 Å². The molecule has 4 rings (SSSR count). The van der Waals surface area contributed by atoms with Gasteiger partial charge in [0.2, 0.25) is 0 Å². The number of hydrogen-bond donors (Lipinski definition) is 2. The number of urea groups is 1. The van der Waals surface area contributed by atoms with E-state index in [-0.39, 0.29) is 12.1 Å². The van der Waals surface area contributed by atoms with Gasteiger partial charge in [-0.2, -0.15) is 0 Å². The summed E-state index contributed by atoms with van der Waals surface area (Å²) in [7, 11) is 0. The van der Waals surface area contributed by atoms with Gasteiger partial charge >= 0.3 is 6.03 Å². The zero-order chi connectivity index (χ0) is 18.8. The van der Waals surface area contributed by atoms with Crippen LogP contribution in [-0.2, 0) is 0 Å². The molecule has 2 N–H and O–H groups in total. The molecule has 0 atom stereocenters. The molecule has 0 unspecified atom stereocenters. The van der Waals surface area contributed by atoms with E-state index >= 15 is 0 Å². The quantitative estimate of drug-likeness (QED) is 0.658. The second-order valence-corrected chi connectivity index (χ2v) is 8.67. The summed E-state index contributed by atoms with van der Waals surface area (Å²) >= 11 is 12.2. The van der Waals surface area contributed by atoms with Crippen LogP contribution in [0.4, 0.5) is 4.79 Å². The molecule has 2 fully saturated rings.